The zero-order valence-electron chi connectivity index (χ0n) is 12.0. The highest BCUT2D eigenvalue weighted by Crippen LogP contribution is 2.23. The molecule has 1 aromatic carbocycles. The summed E-state index contributed by atoms with van der Waals surface area (Å²) in [7, 11) is 0. The fourth-order valence-corrected chi connectivity index (χ4v) is 2.12. The number of hydrogen-bond donors (Lipinski definition) is 2. The van der Waals surface area contributed by atoms with Crippen molar-refractivity contribution in [1.29, 1.82) is 0 Å². The van der Waals surface area contributed by atoms with Crippen LogP contribution in [0.3, 0.4) is 0 Å². The van der Waals surface area contributed by atoms with Crippen LogP contribution in [0.1, 0.15) is 26.2 Å². The van der Waals surface area contributed by atoms with Crippen molar-refractivity contribution in [3.63, 3.8) is 0 Å². The quantitative estimate of drug-likeness (QED) is 0.666. The van der Waals surface area contributed by atoms with Gasteiger partial charge in [0, 0.05) is 19.4 Å². The number of amides is 1. The van der Waals surface area contributed by atoms with Crippen molar-refractivity contribution in [3.8, 4) is 5.75 Å². The monoisotopic (exact) mass is 357 g/mol. The topological polar surface area (TPSA) is 75.6 Å². The normalized spacial score (nSPS) is 11.7. The highest BCUT2D eigenvalue weighted by Gasteiger charge is 2.09. The van der Waals surface area contributed by atoms with Gasteiger partial charge in [-0.05, 0) is 40.4 Å². The Balaban J connectivity index is 2.14. The Labute approximate surface area is 132 Å². The summed E-state index contributed by atoms with van der Waals surface area (Å²) in [6.45, 7) is 2.64. The number of benzene rings is 1. The largest absolute Gasteiger partial charge is 0.492 e. The third-order valence-corrected chi connectivity index (χ3v) is 3.47. The molecule has 116 valence electrons. The number of rotatable bonds is 9. The number of carboxylic acid groups (broad SMARTS) is 1. The third-order valence-electron chi connectivity index (χ3n) is 2.81. The number of aliphatic carboxylic acids is 1. The first-order chi connectivity index (χ1) is 9.99. The van der Waals surface area contributed by atoms with Gasteiger partial charge in [0.1, 0.15) is 5.75 Å². The van der Waals surface area contributed by atoms with Crippen LogP contribution in [0, 0.1) is 5.92 Å². The molecule has 0 aromatic heterocycles. The van der Waals surface area contributed by atoms with Crippen LogP contribution in [0.4, 0.5) is 0 Å². The number of para-hydroxylation sites is 1. The van der Waals surface area contributed by atoms with E-state index in [1.165, 1.54) is 0 Å². The lowest BCUT2D eigenvalue weighted by atomic mass is 10.1. The highest BCUT2D eigenvalue weighted by atomic mass is 79.9. The van der Waals surface area contributed by atoms with Crippen LogP contribution in [-0.4, -0.2) is 30.1 Å². The maximum atomic E-state index is 11.6. The zero-order valence-corrected chi connectivity index (χ0v) is 13.6. The molecule has 0 heterocycles. The minimum Gasteiger partial charge on any atom is -0.492 e. The number of carbonyl (C=O) groups excluding carboxylic acids is 1. The summed E-state index contributed by atoms with van der Waals surface area (Å²) in [4.78, 5) is 22.1. The number of hydrogen-bond acceptors (Lipinski definition) is 3. The maximum Gasteiger partial charge on any atom is 0.303 e. The third kappa shape index (κ3) is 7.70. The Bertz CT molecular complexity index is 478. The molecule has 6 heteroatoms. The van der Waals surface area contributed by atoms with Gasteiger partial charge >= 0.3 is 5.97 Å². The van der Waals surface area contributed by atoms with Gasteiger partial charge < -0.3 is 15.2 Å². The van der Waals surface area contributed by atoms with Crippen LogP contribution >= 0.6 is 15.9 Å². The Hall–Kier alpha value is -1.56. The van der Waals surface area contributed by atoms with Crippen molar-refractivity contribution < 1.29 is 19.4 Å². The van der Waals surface area contributed by atoms with Gasteiger partial charge in [0.05, 0.1) is 11.1 Å². The summed E-state index contributed by atoms with van der Waals surface area (Å²) in [5.41, 5.74) is 0. The van der Waals surface area contributed by atoms with Crippen LogP contribution in [0.25, 0.3) is 0 Å². The molecule has 1 rings (SSSR count). The molecule has 0 spiro atoms. The van der Waals surface area contributed by atoms with Gasteiger partial charge in [-0.2, -0.15) is 0 Å². The van der Waals surface area contributed by atoms with Crippen molar-refractivity contribution >= 4 is 27.8 Å². The van der Waals surface area contributed by atoms with Gasteiger partial charge in [-0.15, -0.1) is 0 Å². The molecule has 0 fully saturated rings. The lowest BCUT2D eigenvalue weighted by molar-refractivity contribution is -0.138. The van der Waals surface area contributed by atoms with Crippen molar-refractivity contribution in [3.05, 3.63) is 28.7 Å². The van der Waals surface area contributed by atoms with Crippen molar-refractivity contribution in [2.45, 2.75) is 26.2 Å². The van der Waals surface area contributed by atoms with Crippen LogP contribution in [0.2, 0.25) is 0 Å². The van der Waals surface area contributed by atoms with E-state index in [0.29, 0.717) is 26.0 Å². The van der Waals surface area contributed by atoms with E-state index in [1.54, 1.807) is 6.92 Å². The molecule has 1 atom stereocenters. The molecular formula is C15H20BrNO4. The molecule has 1 aromatic rings. The smallest absolute Gasteiger partial charge is 0.303 e. The number of halogens is 1. The van der Waals surface area contributed by atoms with Crippen LogP contribution in [-0.2, 0) is 9.59 Å². The fourth-order valence-electron chi connectivity index (χ4n) is 1.72. The van der Waals surface area contributed by atoms with E-state index in [2.05, 4.69) is 21.2 Å². The molecule has 21 heavy (non-hydrogen) atoms. The van der Waals surface area contributed by atoms with Gasteiger partial charge in [0.2, 0.25) is 5.91 Å². The standard InChI is InChI=1S/C15H20BrNO4/c1-11(9-15(19)20)10-17-14(18)7-4-8-21-13-6-3-2-5-12(13)16/h2-3,5-6,11H,4,7-10H2,1H3,(H,17,18)(H,19,20). The second kappa shape index (κ2) is 9.39. The summed E-state index contributed by atoms with van der Waals surface area (Å²) >= 11 is 3.39. The molecule has 1 unspecified atom stereocenters. The number of ether oxygens (including phenoxy) is 1. The minimum absolute atomic E-state index is 0.0609. The van der Waals surface area contributed by atoms with Crippen LogP contribution < -0.4 is 10.1 Å². The first kappa shape index (κ1) is 17.5. The summed E-state index contributed by atoms with van der Waals surface area (Å²) < 4.78 is 6.45. The fraction of sp³-hybridized carbons (Fsp3) is 0.467. The summed E-state index contributed by atoms with van der Waals surface area (Å²) in [5.74, 6) is -0.238. The first-order valence-electron chi connectivity index (χ1n) is 6.85. The molecule has 0 radical (unpaired) electrons. The molecule has 0 saturated heterocycles. The SMILES string of the molecule is CC(CNC(=O)CCCOc1ccccc1Br)CC(=O)O. The van der Waals surface area contributed by atoms with Gasteiger partial charge in [-0.3, -0.25) is 9.59 Å². The van der Waals surface area contributed by atoms with Crippen LogP contribution in [0.5, 0.6) is 5.75 Å². The van der Waals surface area contributed by atoms with E-state index >= 15 is 0 Å². The van der Waals surface area contributed by atoms with Crippen molar-refractivity contribution in [2.24, 2.45) is 5.92 Å². The van der Waals surface area contributed by atoms with Crippen molar-refractivity contribution in [1.82, 2.24) is 5.32 Å². The Kier molecular flexibility index (Phi) is 7.82. The number of nitrogens with one attached hydrogen (secondary N) is 1. The second-order valence-corrected chi connectivity index (χ2v) is 5.74. The Morgan fingerprint density at radius 3 is 2.76 bits per heavy atom. The van der Waals surface area contributed by atoms with E-state index in [1.807, 2.05) is 24.3 Å². The van der Waals surface area contributed by atoms with Gasteiger partial charge in [0.25, 0.3) is 0 Å². The molecule has 0 aliphatic rings. The van der Waals surface area contributed by atoms with Gasteiger partial charge in [-0.1, -0.05) is 19.1 Å². The molecule has 0 aliphatic heterocycles. The number of carboxylic acids is 1. The molecule has 0 bridgehead atoms. The maximum absolute atomic E-state index is 11.6. The lowest BCUT2D eigenvalue weighted by Crippen LogP contribution is -2.29. The average Bonchev–Trinajstić information content (AvgIpc) is 2.42. The molecule has 1 amide bonds. The molecule has 5 nitrogen and oxygen atoms in total. The van der Waals surface area contributed by atoms with Crippen molar-refractivity contribution in [2.75, 3.05) is 13.2 Å². The van der Waals surface area contributed by atoms with E-state index in [-0.39, 0.29) is 18.2 Å². The molecule has 0 aliphatic carbocycles. The Morgan fingerprint density at radius 2 is 2.10 bits per heavy atom. The van der Waals surface area contributed by atoms with E-state index < -0.39 is 5.97 Å². The second-order valence-electron chi connectivity index (χ2n) is 4.89. The van der Waals surface area contributed by atoms with E-state index in [0.717, 1.165) is 10.2 Å². The first-order valence-corrected chi connectivity index (χ1v) is 7.64. The molecule has 0 saturated carbocycles. The van der Waals surface area contributed by atoms with Gasteiger partial charge in [0.15, 0.2) is 0 Å². The van der Waals surface area contributed by atoms with Gasteiger partial charge in [-0.25, -0.2) is 0 Å². The summed E-state index contributed by atoms with van der Waals surface area (Å²) in [5, 5.41) is 11.4. The van der Waals surface area contributed by atoms with E-state index in [9.17, 15) is 9.59 Å². The minimum atomic E-state index is -0.849. The summed E-state index contributed by atoms with van der Waals surface area (Å²) in [6.07, 6.45) is 1.04. The van der Waals surface area contributed by atoms with Crippen LogP contribution in [0.15, 0.2) is 28.7 Å². The van der Waals surface area contributed by atoms with E-state index in [4.69, 9.17) is 9.84 Å². The Morgan fingerprint density at radius 1 is 1.38 bits per heavy atom. The predicted molar refractivity (Wildman–Crippen MR) is 83.3 cm³/mol. The summed E-state index contributed by atoms with van der Waals surface area (Å²) in [6, 6.07) is 7.54. The predicted octanol–water partition coefficient (Wildman–Crippen LogP) is 2.84. The molecule has 2 N–H and O–H groups in total. The lowest BCUT2D eigenvalue weighted by Gasteiger charge is -2.11. The molecular weight excluding hydrogens is 338 g/mol. The highest BCUT2D eigenvalue weighted by molar-refractivity contribution is 9.10. The zero-order chi connectivity index (χ0) is 15.7. The average molecular weight is 358 g/mol. The number of carbonyl (C=O) groups is 2.